The van der Waals surface area contributed by atoms with Gasteiger partial charge in [0.15, 0.2) is 0 Å². The van der Waals surface area contributed by atoms with E-state index in [0.717, 1.165) is 22.3 Å². The molecule has 0 aliphatic heterocycles. The molecule has 384 valence electrons. The van der Waals surface area contributed by atoms with Crippen LogP contribution in [0.2, 0.25) is 0 Å². The molecule has 0 saturated heterocycles. The van der Waals surface area contributed by atoms with E-state index in [0.29, 0.717) is 0 Å². The molecule has 22 nitrogen and oxygen atoms in total. The van der Waals surface area contributed by atoms with Crippen LogP contribution in [0.5, 0.6) is 0 Å². The summed E-state index contributed by atoms with van der Waals surface area (Å²) in [4.78, 5) is 127. The third-order valence-electron chi connectivity index (χ3n) is 10.0. The van der Waals surface area contributed by atoms with Gasteiger partial charge in [-0.3, -0.25) is 33.6 Å². The minimum absolute atomic E-state index is 0.0463. The monoisotopic (exact) mass is 980 g/mol. The molecule has 9 N–H and O–H groups in total. The summed E-state index contributed by atoms with van der Waals surface area (Å²) < 4.78 is 21.7. The van der Waals surface area contributed by atoms with Crippen LogP contribution >= 0.6 is 0 Å². The number of hydrogen-bond acceptors (Lipinski definition) is 14. The smallest absolute Gasteiger partial charge is 0.408 e. The predicted molar refractivity (Wildman–Crippen MR) is 253 cm³/mol. The Morgan fingerprint density at radius 1 is 0.600 bits per heavy atom. The van der Waals surface area contributed by atoms with E-state index >= 15 is 0 Å². The van der Waals surface area contributed by atoms with Crippen LogP contribution in [0.3, 0.4) is 0 Å². The lowest BCUT2D eigenvalue weighted by atomic mass is 9.98. The van der Waals surface area contributed by atoms with E-state index in [9.17, 15) is 47.9 Å². The number of nitrogens with one attached hydrogen (secondary N) is 7. The van der Waals surface area contributed by atoms with Gasteiger partial charge in [-0.2, -0.15) is 0 Å². The fourth-order valence-corrected chi connectivity index (χ4v) is 6.89. The van der Waals surface area contributed by atoms with Gasteiger partial charge in [0.05, 0.1) is 19.5 Å². The predicted octanol–water partition coefficient (Wildman–Crippen LogP) is 1.71. The first kappa shape index (κ1) is 57.1. The van der Waals surface area contributed by atoms with E-state index in [4.69, 9.17) is 24.7 Å². The van der Waals surface area contributed by atoms with Gasteiger partial charge in [-0.15, -0.1) is 0 Å². The lowest BCUT2D eigenvalue weighted by molar-refractivity contribution is -0.159. The second-order valence-corrected chi connectivity index (χ2v) is 18.9. The van der Waals surface area contributed by atoms with Crippen LogP contribution < -0.4 is 43.0 Å². The van der Waals surface area contributed by atoms with Crippen LogP contribution in [0.25, 0.3) is 11.1 Å². The highest BCUT2D eigenvalue weighted by Crippen LogP contribution is 2.44. The molecule has 0 saturated carbocycles. The highest BCUT2D eigenvalue weighted by atomic mass is 16.6. The molecular weight excluding hydrogens is 913 g/mol. The zero-order valence-corrected chi connectivity index (χ0v) is 41.2. The Labute approximate surface area is 407 Å². The lowest BCUT2D eigenvalue weighted by Gasteiger charge is -2.27. The van der Waals surface area contributed by atoms with Crippen molar-refractivity contribution in [3.8, 4) is 11.1 Å². The maximum atomic E-state index is 13.8. The van der Waals surface area contributed by atoms with Gasteiger partial charge in [-0.05, 0) is 89.5 Å². The summed E-state index contributed by atoms with van der Waals surface area (Å²) in [6.07, 6.45) is -2.87. The average molecular weight is 981 g/mol. The fraction of sp³-hybridized carbons (Fsp3) is 0.542. The zero-order valence-electron chi connectivity index (χ0n) is 41.2. The Hall–Kier alpha value is -7.26. The van der Waals surface area contributed by atoms with Gasteiger partial charge < -0.3 is 61.9 Å². The standard InChI is InChI=1S/C48H68N8O14/c1-27(2)22-35(44(64)69-47(4,5)6)54-42(62)34(55-45(65)68-26-33-31-16-12-10-14-29(31)30-15-11-13-17-32(30)33)18-19-40(60)67-21-20-38(58)50-23-36(56-46(66)70-48(7,8)9)43(63)53-28(3)41(61)52-25-39(59)51-24-37(49)57/h10-17,27-28,33-36H,18-26H2,1-9H3,(H2,49,57)(H,50,58)(H,51,59)(H,52,61)(H,53,63)(H,54,62)(H,55,65)(H,56,66)/t28-,34-,35-,36-/m0/s1. The maximum Gasteiger partial charge on any atom is 0.408 e. The summed E-state index contributed by atoms with van der Waals surface area (Å²) in [6, 6.07) is 10.3. The number of amides is 8. The van der Waals surface area contributed by atoms with E-state index in [1.165, 1.54) is 6.92 Å². The van der Waals surface area contributed by atoms with Crippen molar-refractivity contribution in [1.29, 1.82) is 0 Å². The number of benzene rings is 2. The minimum atomic E-state index is -1.47. The van der Waals surface area contributed by atoms with E-state index < -0.39 is 134 Å². The summed E-state index contributed by atoms with van der Waals surface area (Å²) in [6.45, 7) is 12.8. The van der Waals surface area contributed by atoms with Gasteiger partial charge in [0.2, 0.25) is 35.4 Å². The molecule has 0 radical (unpaired) electrons. The van der Waals surface area contributed by atoms with Crippen LogP contribution in [0.1, 0.15) is 105 Å². The van der Waals surface area contributed by atoms with Crippen LogP contribution in [-0.4, -0.2) is 128 Å². The summed E-state index contributed by atoms with van der Waals surface area (Å²) in [5, 5.41) is 16.8. The van der Waals surface area contributed by atoms with Crippen molar-refractivity contribution in [3.05, 3.63) is 59.7 Å². The van der Waals surface area contributed by atoms with Crippen LogP contribution in [0.15, 0.2) is 48.5 Å². The first-order chi connectivity index (χ1) is 32.7. The molecule has 0 heterocycles. The molecule has 3 rings (SSSR count). The largest absolute Gasteiger partial charge is 0.465 e. The molecule has 0 spiro atoms. The average Bonchev–Trinajstić information content (AvgIpc) is 3.58. The van der Waals surface area contributed by atoms with Crippen molar-refractivity contribution in [2.75, 3.05) is 32.8 Å². The van der Waals surface area contributed by atoms with Gasteiger partial charge in [-0.25, -0.2) is 14.4 Å². The first-order valence-electron chi connectivity index (χ1n) is 22.9. The zero-order chi connectivity index (χ0) is 52.3. The Balaban J connectivity index is 1.63. The number of primary amides is 1. The van der Waals surface area contributed by atoms with Crippen LogP contribution in [0, 0.1) is 5.92 Å². The number of nitrogens with two attached hydrogens (primary N) is 1. The molecule has 2 aromatic rings. The van der Waals surface area contributed by atoms with E-state index in [1.807, 2.05) is 62.4 Å². The second kappa shape index (κ2) is 26.5. The van der Waals surface area contributed by atoms with Crippen molar-refractivity contribution in [1.82, 2.24) is 37.2 Å². The molecule has 0 bridgehead atoms. The molecule has 1 aliphatic rings. The molecule has 22 heteroatoms. The Morgan fingerprint density at radius 3 is 1.74 bits per heavy atom. The first-order valence-corrected chi connectivity index (χ1v) is 22.9. The number of hydrogen-bond donors (Lipinski definition) is 8. The summed E-state index contributed by atoms with van der Waals surface area (Å²) in [5.74, 6) is -6.56. The van der Waals surface area contributed by atoms with Crippen LogP contribution in [-0.2, 0) is 57.3 Å². The molecule has 0 fully saturated rings. The number of esters is 2. The minimum Gasteiger partial charge on any atom is -0.465 e. The van der Waals surface area contributed by atoms with Crippen molar-refractivity contribution in [3.63, 3.8) is 0 Å². The number of rotatable bonds is 24. The quantitative estimate of drug-likeness (QED) is 0.0549. The highest BCUT2D eigenvalue weighted by Gasteiger charge is 2.33. The number of alkyl carbamates (subject to hydrolysis) is 2. The van der Waals surface area contributed by atoms with Crippen LogP contribution in [0.4, 0.5) is 9.59 Å². The van der Waals surface area contributed by atoms with Crippen molar-refractivity contribution >= 4 is 59.6 Å². The van der Waals surface area contributed by atoms with Gasteiger partial charge in [0.25, 0.3) is 0 Å². The maximum absolute atomic E-state index is 13.8. The fourth-order valence-electron chi connectivity index (χ4n) is 6.89. The molecule has 1 aliphatic carbocycles. The second-order valence-electron chi connectivity index (χ2n) is 18.9. The Kier molecular flexibility index (Phi) is 21.6. The van der Waals surface area contributed by atoms with Crippen molar-refractivity contribution < 1.29 is 66.9 Å². The van der Waals surface area contributed by atoms with Crippen molar-refractivity contribution in [2.24, 2.45) is 11.7 Å². The molecule has 8 amide bonds. The number of carbonyl (C=O) groups excluding carboxylic acids is 10. The number of carbonyl (C=O) groups is 10. The molecule has 0 aromatic heterocycles. The molecule has 0 unspecified atom stereocenters. The molecule has 70 heavy (non-hydrogen) atoms. The lowest BCUT2D eigenvalue weighted by Crippen LogP contribution is -2.57. The normalized spacial score (nSPS) is 13.6. The number of ether oxygens (including phenoxy) is 4. The molecular formula is C48H68N8O14. The molecule has 2 aromatic carbocycles. The summed E-state index contributed by atoms with van der Waals surface area (Å²) in [5.41, 5.74) is 7.13. The van der Waals surface area contributed by atoms with E-state index in [1.54, 1.807) is 41.5 Å². The van der Waals surface area contributed by atoms with Crippen molar-refractivity contribution in [2.45, 2.75) is 129 Å². The van der Waals surface area contributed by atoms with Gasteiger partial charge in [0.1, 0.15) is 48.6 Å². The SMILES string of the molecule is CC(C)C[C@H](NC(=O)[C@H](CCC(=O)OCCC(=O)NC[C@H](NC(=O)OC(C)(C)C)C(=O)N[C@@H](C)C(=O)NCC(=O)NCC(N)=O)NC(=O)OCC1c2ccccc2-c2ccccc21)C(=O)OC(C)(C)C. The van der Waals surface area contributed by atoms with E-state index in [-0.39, 0.29) is 31.3 Å². The molecule has 4 atom stereocenters. The Morgan fingerprint density at radius 2 is 1.17 bits per heavy atom. The third kappa shape index (κ3) is 20.1. The van der Waals surface area contributed by atoms with Gasteiger partial charge >= 0.3 is 24.1 Å². The Bertz CT molecular complexity index is 2170. The summed E-state index contributed by atoms with van der Waals surface area (Å²) in [7, 11) is 0. The van der Waals surface area contributed by atoms with Gasteiger partial charge in [0, 0.05) is 18.9 Å². The number of fused-ring (bicyclic) bond motifs is 3. The van der Waals surface area contributed by atoms with Gasteiger partial charge in [-0.1, -0.05) is 62.4 Å². The highest BCUT2D eigenvalue weighted by molar-refractivity contribution is 5.94. The topological polar surface area (TPSA) is 318 Å². The third-order valence-corrected chi connectivity index (χ3v) is 10.0. The summed E-state index contributed by atoms with van der Waals surface area (Å²) >= 11 is 0. The van der Waals surface area contributed by atoms with E-state index in [2.05, 4.69) is 37.2 Å².